The zero-order valence-electron chi connectivity index (χ0n) is 13.2. The molecular weight excluding hydrogens is 331 g/mol. The summed E-state index contributed by atoms with van der Waals surface area (Å²) in [7, 11) is 0. The molecule has 1 aliphatic rings. The summed E-state index contributed by atoms with van der Waals surface area (Å²) < 4.78 is 1.77. The van der Waals surface area contributed by atoms with Gasteiger partial charge in [-0.05, 0) is 37.8 Å². The number of aryl methyl sites for hydroxylation is 1. The van der Waals surface area contributed by atoms with Crippen LogP contribution in [-0.2, 0) is 6.54 Å². The fourth-order valence-corrected chi connectivity index (χ4v) is 3.22. The SMILES string of the molecule is Cc1nn(Cc2ccccc2Cl)c(Cl)c1C=NN1CCCCC1. The van der Waals surface area contributed by atoms with Crippen molar-refractivity contribution in [1.29, 1.82) is 0 Å². The monoisotopic (exact) mass is 350 g/mol. The van der Waals surface area contributed by atoms with Crippen LogP contribution in [0.5, 0.6) is 0 Å². The highest BCUT2D eigenvalue weighted by molar-refractivity contribution is 6.32. The summed E-state index contributed by atoms with van der Waals surface area (Å²) in [4.78, 5) is 0. The molecule has 1 aromatic carbocycles. The molecule has 1 saturated heterocycles. The van der Waals surface area contributed by atoms with Gasteiger partial charge in [-0.15, -0.1) is 0 Å². The Hall–Kier alpha value is -1.52. The van der Waals surface area contributed by atoms with Crippen LogP contribution in [0.4, 0.5) is 0 Å². The van der Waals surface area contributed by atoms with Gasteiger partial charge in [0, 0.05) is 18.1 Å². The molecule has 2 heterocycles. The van der Waals surface area contributed by atoms with Crippen LogP contribution < -0.4 is 0 Å². The molecule has 0 radical (unpaired) electrons. The van der Waals surface area contributed by atoms with Gasteiger partial charge in [-0.25, -0.2) is 4.68 Å². The maximum Gasteiger partial charge on any atom is 0.136 e. The standard InChI is InChI=1S/C17H20Cl2N4/c1-13-15(11-20-22-9-5-2-6-10-22)17(19)23(21-13)12-14-7-3-4-8-16(14)18/h3-4,7-8,11H,2,5-6,9-10,12H2,1H3. The fraction of sp³-hybridized carbons (Fsp3) is 0.412. The molecule has 23 heavy (non-hydrogen) atoms. The number of hydrogen-bond donors (Lipinski definition) is 0. The first-order chi connectivity index (χ1) is 11.1. The van der Waals surface area contributed by atoms with E-state index in [1.165, 1.54) is 19.3 Å². The van der Waals surface area contributed by atoms with Crippen molar-refractivity contribution in [3.63, 3.8) is 0 Å². The second-order valence-electron chi connectivity index (χ2n) is 5.80. The van der Waals surface area contributed by atoms with E-state index in [0.717, 1.165) is 34.9 Å². The van der Waals surface area contributed by atoms with Gasteiger partial charge >= 0.3 is 0 Å². The normalized spacial score (nSPS) is 15.5. The third-order valence-electron chi connectivity index (χ3n) is 4.07. The lowest BCUT2D eigenvalue weighted by Crippen LogP contribution is -2.24. The average molecular weight is 351 g/mol. The predicted molar refractivity (Wildman–Crippen MR) is 95.5 cm³/mol. The topological polar surface area (TPSA) is 33.4 Å². The molecule has 3 rings (SSSR count). The van der Waals surface area contributed by atoms with E-state index in [9.17, 15) is 0 Å². The average Bonchev–Trinajstić information content (AvgIpc) is 2.82. The van der Waals surface area contributed by atoms with Gasteiger partial charge in [0.25, 0.3) is 0 Å². The number of halogens is 2. The number of nitrogens with zero attached hydrogens (tertiary/aromatic N) is 4. The van der Waals surface area contributed by atoms with Crippen molar-refractivity contribution in [2.75, 3.05) is 13.1 Å². The highest BCUT2D eigenvalue weighted by Gasteiger charge is 2.14. The molecule has 122 valence electrons. The van der Waals surface area contributed by atoms with Crippen LogP contribution in [0.3, 0.4) is 0 Å². The van der Waals surface area contributed by atoms with Crippen LogP contribution in [0.1, 0.15) is 36.1 Å². The summed E-state index contributed by atoms with van der Waals surface area (Å²) in [5.74, 6) is 0. The fourth-order valence-electron chi connectivity index (χ4n) is 2.74. The summed E-state index contributed by atoms with van der Waals surface area (Å²) in [5, 5.41) is 12.5. The van der Waals surface area contributed by atoms with Crippen LogP contribution in [0.2, 0.25) is 10.2 Å². The Kier molecular flexibility index (Phi) is 5.23. The summed E-state index contributed by atoms with van der Waals surface area (Å²) in [6.07, 6.45) is 5.53. The lowest BCUT2D eigenvalue weighted by atomic mass is 10.2. The maximum atomic E-state index is 6.50. The second kappa shape index (κ2) is 7.37. The van der Waals surface area contributed by atoms with Crippen molar-refractivity contribution < 1.29 is 0 Å². The highest BCUT2D eigenvalue weighted by atomic mass is 35.5. The molecule has 1 aliphatic heterocycles. The summed E-state index contributed by atoms with van der Waals surface area (Å²) in [6, 6.07) is 7.74. The Morgan fingerprint density at radius 2 is 1.91 bits per heavy atom. The predicted octanol–water partition coefficient (Wildman–Crippen LogP) is 4.37. The van der Waals surface area contributed by atoms with E-state index in [0.29, 0.717) is 11.7 Å². The molecule has 0 aliphatic carbocycles. The Bertz CT molecular complexity index is 703. The van der Waals surface area contributed by atoms with E-state index in [1.807, 2.05) is 37.4 Å². The number of piperidine rings is 1. The van der Waals surface area contributed by atoms with Gasteiger partial charge in [-0.3, -0.25) is 5.01 Å². The van der Waals surface area contributed by atoms with Crippen molar-refractivity contribution >= 4 is 29.4 Å². The molecular formula is C17H20Cl2N4. The third kappa shape index (κ3) is 3.88. The zero-order chi connectivity index (χ0) is 16.2. The van der Waals surface area contributed by atoms with Crippen molar-refractivity contribution in [2.45, 2.75) is 32.7 Å². The van der Waals surface area contributed by atoms with Crippen molar-refractivity contribution in [3.8, 4) is 0 Å². The van der Waals surface area contributed by atoms with Crippen molar-refractivity contribution in [3.05, 3.63) is 51.3 Å². The number of benzene rings is 1. The van der Waals surface area contributed by atoms with Crippen LogP contribution in [0.15, 0.2) is 29.4 Å². The smallest absolute Gasteiger partial charge is 0.136 e. The van der Waals surface area contributed by atoms with E-state index in [-0.39, 0.29) is 0 Å². The summed E-state index contributed by atoms with van der Waals surface area (Å²) in [6.45, 7) is 4.53. The van der Waals surface area contributed by atoms with Gasteiger partial charge in [0.05, 0.1) is 24.0 Å². The Morgan fingerprint density at radius 3 is 2.65 bits per heavy atom. The minimum atomic E-state index is 0.552. The van der Waals surface area contributed by atoms with E-state index >= 15 is 0 Å². The van der Waals surface area contributed by atoms with Crippen LogP contribution >= 0.6 is 23.2 Å². The van der Waals surface area contributed by atoms with E-state index in [2.05, 4.69) is 15.2 Å². The summed E-state index contributed by atoms with van der Waals surface area (Å²) in [5.41, 5.74) is 2.75. The highest BCUT2D eigenvalue weighted by Crippen LogP contribution is 2.22. The van der Waals surface area contributed by atoms with Gasteiger partial charge < -0.3 is 0 Å². The Balaban J connectivity index is 1.79. The second-order valence-corrected chi connectivity index (χ2v) is 6.56. The Labute approximate surface area is 146 Å². The molecule has 1 aromatic heterocycles. The Morgan fingerprint density at radius 1 is 1.17 bits per heavy atom. The lowest BCUT2D eigenvalue weighted by Gasteiger charge is -2.23. The van der Waals surface area contributed by atoms with Gasteiger partial charge in [0.1, 0.15) is 5.15 Å². The first kappa shape index (κ1) is 16.3. The van der Waals surface area contributed by atoms with E-state index in [4.69, 9.17) is 23.2 Å². The van der Waals surface area contributed by atoms with Crippen LogP contribution in [0.25, 0.3) is 0 Å². The van der Waals surface area contributed by atoms with Crippen LogP contribution in [-0.4, -0.2) is 34.1 Å². The molecule has 0 atom stereocenters. The lowest BCUT2D eigenvalue weighted by molar-refractivity contribution is 0.240. The first-order valence-electron chi connectivity index (χ1n) is 7.90. The van der Waals surface area contributed by atoms with Gasteiger partial charge in [-0.2, -0.15) is 10.2 Å². The van der Waals surface area contributed by atoms with Gasteiger partial charge in [0.2, 0.25) is 0 Å². The molecule has 1 fully saturated rings. The first-order valence-corrected chi connectivity index (χ1v) is 8.66. The largest absolute Gasteiger partial charge is 0.297 e. The minimum Gasteiger partial charge on any atom is -0.297 e. The molecule has 2 aromatic rings. The molecule has 0 bridgehead atoms. The maximum absolute atomic E-state index is 6.50. The number of aromatic nitrogens is 2. The third-order valence-corrected chi connectivity index (χ3v) is 4.84. The zero-order valence-corrected chi connectivity index (χ0v) is 14.7. The molecule has 0 spiro atoms. The molecule has 4 nitrogen and oxygen atoms in total. The quantitative estimate of drug-likeness (QED) is 0.767. The van der Waals surface area contributed by atoms with E-state index in [1.54, 1.807) is 4.68 Å². The van der Waals surface area contributed by atoms with E-state index < -0.39 is 0 Å². The molecule has 0 amide bonds. The number of hydrogen-bond acceptors (Lipinski definition) is 3. The van der Waals surface area contributed by atoms with Gasteiger partial charge in [-0.1, -0.05) is 41.4 Å². The molecule has 0 N–H and O–H groups in total. The van der Waals surface area contributed by atoms with Gasteiger partial charge in [0.15, 0.2) is 0 Å². The molecule has 0 saturated carbocycles. The molecule has 6 heteroatoms. The van der Waals surface area contributed by atoms with Crippen LogP contribution in [0, 0.1) is 6.92 Å². The number of hydrazone groups is 1. The summed E-state index contributed by atoms with van der Waals surface area (Å²) >= 11 is 12.7. The molecule has 0 unspecified atom stereocenters. The number of rotatable bonds is 4. The minimum absolute atomic E-state index is 0.552. The van der Waals surface area contributed by atoms with Crippen molar-refractivity contribution in [2.24, 2.45) is 5.10 Å². The van der Waals surface area contributed by atoms with Crippen molar-refractivity contribution in [1.82, 2.24) is 14.8 Å².